The molecule has 3 heteroatoms. The molecule has 3 nitrogen and oxygen atoms in total. The van der Waals surface area contributed by atoms with Crippen LogP contribution in [0.2, 0.25) is 0 Å². The van der Waals surface area contributed by atoms with Crippen LogP contribution in [0.3, 0.4) is 0 Å². The van der Waals surface area contributed by atoms with E-state index >= 15 is 0 Å². The number of hydrogen-bond donors (Lipinski definition) is 1. The average Bonchev–Trinajstić information content (AvgIpc) is 2.38. The normalized spacial score (nSPS) is 22.9. The van der Waals surface area contributed by atoms with Gasteiger partial charge >= 0.3 is 0 Å². The standard InChI is InChI=1S/C14H31N3/c1-5-9-17-10-7-14(12-15,8-11-17)16(4)13(3)6-2/h13H,5-12,15H2,1-4H3. The van der Waals surface area contributed by atoms with Gasteiger partial charge in [0.05, 0.1) is 0 Å². The van der Waals surface area contributed by atoms with Gasteiger partial charge in [-0.05, 0) is 59.3 Å². The number of rotatable bonds is 6. The highest BCUT2D eigenvalue weighted by atomic mass is 15.2. The number of nitrogens with zero attached hydrogens (tertiary/aromatic N) is 2. The molecule has 1 atom stereocenters. The summed E-state index contributed by atoms with van der Waals surface area (Å²) in [5, 5.41) is 0. The van der Waals surface area contributed by atoms with Crippen LogP contribution in [0.5, 0.6) is 0 Å². The number of likely N-dealkylation sites (tertiary alicyclic amines) is 1. The molecule has 0 amide bonds. The van der Waals surface area contributed by atoms with Crippen molar-refractivity contribution >= 4 is 0 Å². The summed E-state index contributed by atoms with van der Waals surface area (Å²) in [6.07, 6.45) is 4.92. The van der Waals surface area contributed by atoms with Gasteiger partial charge < -0.3 is 10.6 Å². The smallest absolute Gasteiger partial charge is 0.0355 e. The van der Waals surface area contributed by atoms with E-state index in [9.17, 15) is 0 Å². The molecule has 0 aromatic rings. The fraction of sp³-hybridized carbons (Fsp3) is 1.00. The van der Waals surface area contributed by atoms with Crippen LogP contribution in [0.1, 0.15) is 46.5 Å². The van der Waals surface area contributed by atoms with Gasteiger partial charge in [0, 0.05) is 18.1 Å². The molecule has 102 valence electrons. The van der Waals surface area contributed by atoms with E-state index in [2.05, 4.69) is 37.6 Å². The molecule has 1 aliphatic heterocycles. The molecule has 2 N–H and O–H groups in total. The van der Waals surface area contributed by atoms with Gasteiger partial charge in [-0.25, -0.2) is 0 Å². The Hall–Kier alpha value is -0.120. The number of piperidine rings is 1. The molecule has 0 bridgehead atoms. The van der Waals surface area contributed by atoms with Gasteiger partial charge in [-0.3, -0.25) is 4.90 Å². The molecular formula is C14H31N3. The first kappa shape index (κ1) is 14.9. The minimum absolute atomic E-state index is 0.250. The molecule has 0 spiro atoms. The third kappa shape index (κ3) is 3.43. The molecule has 0 aliphatic carbocycles. The molecule has 1 fully saturated rings. The zero-order valence-corrected chi connectivity index (χ0v) is 12.2. The molecule has 1 aliphatic rings. The van der Waals surface area contributed by atoms with Crippen molar-refractivity contribution in [1.82, 2.24) is 9.80 Å². The molecule has 0 saturated carbocycles. The summed E-state index contributed by atoms with van der Waals surface area (Å²) in [6, 6.07) is 0.635. The van der Waals surface area contributed by atoms with Gasteiger partial charge in [-0.15, -0.1) is 0 Å². The Bertz CT molecular complexity index is 210. The third-order valence-corrected chi connectivity index (χ3v) is 4.71. The molecule has 0 aromatic heterocycles. The van der Waals surface area contributed by atoms with Crippen LogP contribution < -0.4 is 5.73 Å². The first-order valence-corrected chi connectivity index (χ1v) is 7.25. The second kappa shape index (κ2) is 6.72. The summed E-state index contributed by atoms with van der Waals surface area (Å²) < 4.78 is 0. The predicted molar refractivity (Wildman–Crippen MR) is 75.3 cm³/mol. The van der Waals surface area contributed by atoms with Crippen LogP contribution >= 0.6 is 0 Å². The van der Waals surface area contributed by atoms with E-state index in [0.29, 0.717) is 6.04 Å². The van der Waals surface area contributed by atoms with Crippen molar-refractivity contribution in [3.63, 3.8) is 0 Å². The highest BCUT2D eigenvalue weighted by Crippen LogP contribution is 2.29. The summed E-state index contributed by atoms with van der Waals surface area (Å²) in [5.41, 5.74) is 6.34. The van der Waals surface area contributed by atoms with Gasteiger partial charge in [0.2, 0.25) is 0 Å². The fourth-order valence-corrected chi connectivity index (χ4v) is 2.95. The Morgan fingerprint density at radius 2 is 1.88 bits per heavy atom. The van der Waals surface area contributed by atoms with E-state index in [1.54, 1.807) is 0 Å². The number of hydrogen-bond acceptors (Lipinski definition) is 3. The topological polar surface area (TPSA) is 32.5 Å². The number of nitrogens with two attached hydrogens (primary N) is 1. The van der Waals surface area contributed by atoms with Gasteiger partial charge in [0.1, 0.15) is 0 Å². The van der Waals surface area contributed by atoms with Crippen LogP contribution in [0, 0.1) is 0 Å². The van der Waals surface area contributed by atoms with E-state index in [1.807, 2.05) is 0 Å². The summed E-state index contributed by atoms with van der Waals surface area (Å²) in [4.78, 5) is 5.12. The summed E-state index contributed by atoms with van der Waals surface area (Å²) >= 11 is 0. The van der Waals surface area contributed by atoms with Crippen molar-refractivity contribution in [1.29, 1.82) is 0 Å². The van der Waals surface area contributed by atoms with E-state index in [4.69, 9.17) is 5.73 Å². The Morgan fingerprint density at radius 1 is 1.29 bits per heavy atom. The SMILES string of the molecule is CCCN1CCC(CN)(N(C)C(C)CC)CC1. The lowest BCUT2D eigenvalue weighted by molar-refractivity contribution is 0.0202. The Labute approximate surface area is 107 Å². The molecule has 1 unspecified atom stereocenters. The average molecular weight is 241 g/mol. The molecular weight excluding hydrogens is 210 g/mol. The molecule has 0 radical (unpaired) electrons. The zero-order chi connectivity index (χ0) is 12.9. The Kier molecular flexibility index (Phi) is 5.90. The largest absolute Gasteiger partial charge is 0.329 e. The minimum atomic E-state index is 0.250. The Balaban J connectivity index is 2.60. The Morgan fingerprint density at radius 3 is 2.29 bits per heavy atom. The first-order valence-electron chi connectivity index (χ1n) is 7.25. The third-order valence-electron chi connectivity index (χ3n) is 4.71. The molecule has 1 saturated heterocycles. The van der Waals surface area contributed by atoms with Gasteiger partial charge in [-0.1, -0.05) is 13.8 Å². The van der Waals surface area contributed by atoms with Crippen molar-refractivity contribution in [2.75, 3.05) is 33.2 Å². The molecule has 17 heavy (non-hydrogen) atoms. The summed E-state index contributed by atoms with van der Waals surface area (Å²) in [5.74, 6) is 0. The van der Waals surface area contributed by atoms with Crippen LogP contribution in [0.25, 0.3) is 0 Å². The lowest BCUT2D eigenvalue weighted by Crippen LogP contribution is -2.60. The maximum atomic E-state index is 6.09. The quantitative estimate of drug-likeness (QED) is 0.771. The van der Waals surface area contributed by atoms with Gasteiger partial charge in [0.15, 0.2) is 0 Å². The van der Waals surface area contributed by atoms with Crippen LogP contribution in [-0.2, 0) is 0 Å². The fourth-order valence-electron chi connectivity index (χ4n) is 2.95. The highest BCUT2D eigenvalue weighted by molar-refractivity contribution is 4.96. The summed E-state index contributed by atoms with van der Waals surface area (Å²) in [6.45, 7) is 11.3. The van der Waals surface area contributed by atoms with Crippen molar-refractivity contribution in [2.45, 2.75) is 58.0 Å². The van der Waals surface area contributed by atoms with Crippen LogP contribution in [-0.4, -0.2) is 54.6 Å². The van der Waals surface area contributed by atoms with Crippen molar-refractivity contribution in [3.8, 4) is 0 Å². The van der Waals surface area contributed by atoms with Crippen molar-refractivity contribution in [2.24, 2.45) is 5.73 Å². The maximum absolute atomic E-state index is 6.09. The van der Waals surface area contributed by atoms with E-state index in [1.165, 1.54) is 45.3 Å². The molecule has 1 rings (SSSR count). The van der Waals surface area contributed by atoms with Crippen molar-refractivity contribution < 1.29 is 0 Å². The van der Waals surface area contributed by atoms with Gasteiger partial charge in [0.25, 0.3) is 0 Å². The highest BCUT2D eigenvalue weighted by Gasteiger charge is 2.38. The maximum Gasteiger partial charge on any atom is 0.0355 e. The minimum Gasteiger partial charge on any atom is -0.329 e. The predicted octanol–water partition coefficient (Wildman–Crippen LogP) is 1.92. The second-order valence-corrected chi connectivity index (χ2v) is 5.64. The van der Waals surface area contributed by atoms with Crippen LogP contribution in [0.15, 0.2) is 0 Å². The zero-order valence-electron chi connectivity index (χ0n) is 12.2. The van der Waals surface area contributed by atoms with E-state index in [0.717, 1.165) is 6.54 Å². The molecule has 1 heterocycles. The summed E-state index contributed by atoms with van der Waals surface area (Å²) in [7, 11) is 2.26. The monoisotopic (exact) mass is 241 g/mol. The van der Waals surface area contributed by atoms with Crippen LogP contribution in [0.4, 0.5) is 0 Å². The lowest BCUT2D eigenvalue weighted by Gasteiger charge is -2.49. The molecule has 0 aromatic carbocycles. The van der Waals surface area contributed by atoms with Crippen molar-refractivity contribution in [3.05, 3.63) is 0 Å². The second-order valence-electron chi connectivity index (χ2n) is 5.64. The van der Waals surface area contributed by atoms with E-state index < -0.39 is 0 Å². The van der Waals surface area contributed by atoms with E-state index in [-0.39, 0.29) is 5.54 Å². The lowest BCUT2D eigenvalue weighted by atomic mass is 9.84. The number of likely N-dealkylation sites (N-methyl/N-ethyl adjacent to an activating group) is 1. The van der Waals surface area contributed by atoms with Gasteiger partial charge in [-0.2, -0.15) is 0 Å². The first-order chi connectivity index (χ1) is 8.09.